The van der Waals surface area contributed by atoms with Crippen LogP contribution in [-0.2, 0) is 13.1 Å². The molecule has 0 aliphatic rings. The molecule has 5 nitrogen and oxygen atoms in total. The summed E-state index contributed by atoms with van der Waals surface area (Å²) in [6.45, 7) is 8.20. The van der Waals surface area contributed by atoms with Crippen LogP contribution >= 0.6 is 0 Å². The van der Waals surface area contributed by atoms with Crippen LogP contribution in [0.2, 0.25) is 0 Å². The Morgan fingerprint density at radius 1 is 1.53 bits per heavy atom. The Balaban J connectivity index is 1.91. The molecule has 0 bridgehead atoms. The number of nitrogens with zero attached hydrogens (tertiary/aromatic N) is 4. The molecule has 0 aliphatic heterocycles. The molecule has 5 heteroatoms. The molecule has 0 fully saturated rings. The molecule has 0 saturated heterocycles. The van der Waals surface area contributed by atoms with E-state index in [1.165, 1.54) is 0 Å². The highest BCUT2D eigenvalue weighted by molar-refractivity contribution is 5.28. The molecular formula is C12H17N5. The van der Waals surface area contributed by atoms with E-state index in [9.17, 15) is 0 Å². The van der Waals surface area contributed by atoms with Gasteiger partial charge in [0.1, 0.15) is 0 Å². The zero-order chi connectivity index (χ0) is 12.1. The number of rotatable bonds is 6. The van der Waals surface area contributed by atoms with Crippen LogP contribution < -0.4 is 5.32 Å². The van der Waals surface area contributed by atoms with E-state index in [0.717, 1.165) is 31.3 Å². The van der Waals surface area contributed by atoms with Gasteiger partial charge in [0, 0.05) is 38.2 Å². The Hall–Kier alpha value is -2.04. The van der Waals surface area contributed by atoms with Gasteiger partial charge in [0.05, 0.1) is 12.0 Å². The molecule has 0 aromatic carbocycles. The molecule has 2 rings (SSSR count). The van der Waals surface area contributed by atoms with Gasteiger partial charge >= 0.3 is 0 Å². The van der Waals surface area contributed by atoms with E-state index in [-0.39, 0.29) is 0 Å². The van der Waals surface area contributed by atoms with E-state index >= 15 is 0 Å². The summed E-state index contributed by atoms with van der Waals surface area (Å²) in [6, 6.07) is 0. The molecule has 0 amide bonds. The molecule has 1 N–H and O–H groups in total. The van der Waals surface area contributed by atoms with E-state index in [0.29, 0.717) is 0 Å². The van der Waals surface area contributed by atoms with Gasteiger partial charge in [0.15, 0.2) is 0 Å². The van der Waals surface area contributed by atoms with Crippen molar-refractivity contribution >= 4 is 5.95 Å². The van der Waals surface area contributed by atoms with Crippen molar-refractivity contribution in [1.29, 1.82) is 0 Å². The van der Waals surface area contributed by atoms with Crippen molar-refractivity contribution in [2.45, 2.75) is 20.0 Å². The maximum Gasteiger partial charge on any atom is 0.203 e. The Labute approximate surface area is 101 Å². The second-order valence-corrected chi connectivity index (χ2v) is 3.87. The number of imidazole rings is 2. The number of nitrogens with one attached hydrogen (secondary N) is 1. The van der Waals surface area contributed by atoms with E-state index in [2.05, 4.69) is 26.4 Å². The largest absolute Gasteiger partial charge is 0.354 e. The van der Waals surface area contributed by atoms with Gasteiger partial charge in [-0.3, -0.25) is 0 Å². The Kier molecular flexibility index (Phi) is 3.59. The first-order chi connectivity index (χ1) is 8.29. The van der Waals surface area contributed by atoms with Crippen molar-refractivity contribution in [1.82, 2.24) is 19.1 Å². The van der Waals surface area contributed by atoms with E-state index in [4.69, 9.17) is 0 Å². The Morgan fingerprint density at radius 3 is 3.12 bits per heavy atom. The van der Waals surface area contributed by atoms with Gasteiger partial charge in [-0.2, -0.15) is 0 Å². The van der Waals surface area contributed by atoms with Crippen LogP contribution in [-0.4, -0.2) is 25.6 Å². The summed E-state index contributed by atoms with van der Waals surface area (Å²) in [5.74, 6) is 0.891. The highest BCUT2D eigenvalue weighted by Crippen LogP contribution is 2.08. The molecule has 90 valence electrons. The summed E-state index contributed by atoms with van der Waals surface area (Å²) in [4.78, 5) is 8.43. The van der Waals surface area contributed by atoms with Crippen LogP contribution in [0, 0.1) is 6.92 Å². The minimum Gasteiger partial charge on any atom is -0.354 e. The summed E-state index contributed by atoms with van der Waals surface area (Å²) in [7, 11) is 0. The van der Waals surface area contributed by atoms with Crippen LogP contribution in [0.25, 0.3) is 0 Å². The average Bonchev–Trinajstić information content (AvgIpc) is 2.90. The lowest BCUT2D eigenvalue weighted by Gasteiger charge is -2.08. The van der Waals surface area contributed by atoms with E-state index in [1.54, 1.807) is 6.20 Å². The third kappa shape index (κ3) is 2.96. The van der Waals surface area contributed by atoms with Crippen LogP contribution in [0.15, 0.2) is 37.6 Å². The van der Waals surface area contributed by atoms with Crippen molar-refractivity contribution in [3.63, 3.8) is 0 Å². The van der Waals surface area contributed by atoms with Gasteiger partial charge in [0.25, 0.3) is 0 Å². The minimum atomic E-state index is 0.772. The molecule has 2 aromatic heterocycles. The summed E-state index contributed by atoms with van der Waals surface area (Å²) in [5, 5.41) is 3.31. The van der Waals surface area contributed by atoms with E-state index < -0.39 is 0 Å². The monoisotopic (exact) mass is 231 g/mol. The van der Waals surface area contributed by atoms with Crippen molar-refractivity contribution in [2.75, 3.05) is 11.9 Å². The van der Waals surface area contributed by atoms with Gasteiger partial charge in [-0.15, -0.1) is 6.58 Å². The first-order valence-corrected chi connectivity index (χ1v) is 5.64. The summed E-state index contributed by atoms with van der Waals surface area (Å²) in [6.07, 6.45) is 9.42. The number of anilines is 1. The standard InChI is InChI=1S/C12H17N5/c1-3-6-17-9-11(2)15-12(17)14-5-8-16-7-4-13-10-16/h3-4,7,9-10H,1,5-6,8H2,2H3,(H,14,15). The summed E-state index contributed by atoms with van der Waals surface area (Å²) in [5.41, 5.74) is 1.01. The van der Waals surface area contributed by atoms with Gasteiger partial charge in [-0.05, 0) is 6.92 Å². The van der Waals surface area contributed by atoms with Gasteiger partial charge in [-0.25, -0.2) is 9.97 Å². The van der Waals surface area contributed by atoms with Crippen molar-refractivity contribution < 1.29 is 0 Å². The first kappa shape index (κ1) is 11.4. The molecule has 2 aromatic rings. The fourth-order valence-electron chi connectivity index (χ4n) is 1.68. The third-order valence-corrected chi connectivity index (χ3v) is 2.44. The quantitative estimate of drug-likeness (QED) is 0.769. The predicted molar refractivity (Wildman–Crippen MR) is 67.9 cm³/mol. The molecule has 0 atom stereocenters. The Bertz CT molecular complexity index is 469. The zero-order valence-corrected chi connectivity index (χ0v) is 10.0. The van der Waals surface area contributed by atoms with Crippen molar-refractivity contribution in [3.8, 4) is 0 Å². The zero-order valence-electron chi connectivity index (χ0n) is 10.0. The molecular weight excluding hydrogens is 214 g/mol. The second kappa shape index (κ2) is 5.34. The van der Waals surface area contributed by atoms with Gasteiger partial charge < -0.3 is 14.5 Å². The topological polar surface area (TPSA) is 47.7 Å². The number of aromatic nitrogens is 4. The van der Waals surface area contributed by atoms with Gasteiger partial charge in [0.2, 0.25) is 5.95 Å². The number of allylic oxidation sites excluding steroid dienone is 1. The average molecular weight is 231 g/mol. The number of aryl methyl sites for hydroxylation is 1. The molecule has 0 spiro atoms. The fourth-order valence-corrected chi connectivity index (χ4v) is 1.68. The Morgan fingerprint density at radius 2 is 2.41 bits per heavy atom. The molecule has 0 aliphatic carbocycles. The lowest BCUT2D eigenvalue weighted by Crippen LogP contribution is -2.12. The minimum absolute atomic E-state index is 0.772. The molecule has 17 heavy (non-hydrogen) atoms. The van der Waals surface area contributed by atoms with Crippen LogP contribution in [0.3, 0.4) is 0 Å². The van der Waals surface area contributed by atoms with Crippen molar-refractivity contribution in [2.24, 2.45) is 0 Å². The smallest absolute Gasteiger partial charge is 0.203 e. The summed E-state index contributed by atoms with van der Waals surface area (Å²) < 4.78 is 4.08. The van der Waals surface area contributed by atoms with Crippen LogP contribution in [0.4, 0.5) is 5.95 Å². The predicted octanol–water partition coefficient (Wildman–Crippen LogP) is 1.69. The second-order valence-electron chi connectivity index (χ2n) is 3.87. The lowest BCUT2D eigenvalue weighted by atomic mass is 10.5. The van der Waals surface area contributed by atoms with Gasteiger partial charge in [-0.1, -0.05) is 6.08 Å². The number of hydrogen-bond acceptors (Lipinski definition) is 3. The lowest BCUT2D eigenvalue weighted by molar-refractivity contribution is 0.715. The first-order valence-electron chi connectivity index (χ1n) is 5.64. The van der Waals surface area contributed by atoms with Crippen molar-refractivity contribution in [3.05, 3.63) is 43.3 Å². The SMILES string of the molecule is C=CCn1cc(C)nc1NCCn1ccnc1. The highest BCUT2D eigenvalue weighted by atomic mass is 15.2. The molecule has 0 radical (unpaired) electrons. The molecule has 2 heterocycles. The molecule has 0 saturated carbocycles. The van der Waals surface area contributed by atoms with Crippen LogP contribution in [0.1, 0.15) is 5.69 Å². The van der Waals surface area contributed by atoms with Crippen LogP contribution in [0.5, 0.6) is 0 Å². The highest BCUT2D eigenvalue weighted by Gasteiger charge is 2.03. The van der Waals surface area contributed by atoms with E-state index in [1.807, 2.05) is 36.3 Å². The maximum absolute atomic E-state index is 4.43. The molecule has 0 unspecified atom stereocenters. The summed E-state index contributed by atoms with van der Waals surface area (Å²) >= 11 is 0. The number of hydrogen-bond donors (Lipinski definition) is 1. The maximum atomic E-state index is 4.43. The third-order valence-electron chi connectivity index (χ3n) is 2.44. The fraction of sp³-hybridized carbons (Fsp3) is 0.333. The normalized spacial score (nSPS) is 10.4.